The highest BCUT2D eigenvalue weighted by molar-refractivity contribution is 7.89. The van der Waals surface area contributed by atoms with Gasteiger partial charge in [-0.2, -0.15) is 4.31 Å². The number of hydrogen-bond donors (Lipinski definition) is 0. The van der Waals surface area contributed by atoms with Crippen LogP contribution in [0, 0.1) is 5.92 Å². The molecule has 24 heavy (non-hydrogen) atoms. The maximum Gasteiger partial charge on any atom is 0.243 e. The molecular formula is C16H22N2O5S. The molecule has 0 amide bonds. The monoisotopic (exact) mass is 354 g/mol. The molecule has 1 aromatic rings. The molecule has 0 aliphatic carbocycles. The van der Waals surface area contributed by atoms with Crippen LogP contribution < -0.4 is 9.47 Å². The van der Waals surface area contributed by atoms with E-state index in [0.29, 0.717) is 51.0 Å². The van der Waals surface area contributed by atoms with E-state index in [4.69, 9.17) is 14.2 Å². The van der Waals surface area contributed by atoms with Crippen LogP contribution in [0.15, 0.2) is 23.1 Å². The van der Waals surface area contributed by atoms with Crippen LogP contribution in [0.4, 0.5) is 0 Å². The average Bonchev–Trinajstić information content (AvgIpc) is 2.83. The highest BCUT2D eigenvalue weighted by Crippen LogP contribution is 2.34. The van der Waals surface area contributed by atoms with Crippen molar-refractivity contribution >= 4 is 10.0 Å². The van der Waals surface area contributed by atoms with Crippen LogP contribution in [0.3, 0.4) is 0 Å². The minimum Gasteiger partial charge on any atom is -0.486 e. The van der Waals surface area contributed by atoms with Gasteiger partial charge in [0, 0.05) is 37.7 Å². The first-order valence-electron chi connectivity index (χ1n) is 8.22. The number of rotatable bonds is 2. The van der Waals surface area contributed by atoms with Gasteiger partial charge >= 0.3 is 0 Å². The molecule has 0 radical (unpaired) electrons. The van der Waals surface area contributed by atoms with Gasteiger partial charge in [0.25, 0.3) is 0 Å². The molecule has 3 heterocycles. The molecule has 2 saturated heterocycles. The summed E-state index contributed by atoms with van der Waals surface area (Å²) in [6.07, 6.45) is 0. The Morgan fingerprint density at radius 3 is 2.67 bits per heavy atom. The molecule has 0 saturated carbocycles. The Bertz CT molecular complexity index is 723. The van der Waals surface area contributed by atoms with E-state index in [1.165, 1.54) is 0 Å². The van der Waals surface area contributed by atoms with Crippen molar-refractivity contribution in [2.45, 2.75) is 10.9 Å². The van der Waals surface area contributed by atoms with Crippen LogP contribution in [-0.2, 0) is 14.8 Å². The molecule has 0 aromatic heterocycles. The lowest BCUT2D eigenvalue weighted by atomic mass is 10.1. The smallest absolute Gasteiger partial charge is 0.243 e. The lowest BCUT2D eigenvalue weighted by molar-refractivity contribution is 0.0727. The van der Waals surface area contributed by atoms with E-state index in [1.807, 2.05) is 7.05 Å². The first-order valence-corrected chi connectivity index (χ1v) is 9.66. The van der Waals surface area contributed by atoms with E-state index in [0.717, 1.165) is 6.54 Å². The summed E-state index contributed by atoms with van der Waals surface area (Å²) >= 11 is 0. The van der Waals surface area contributed by atoms with Gasteiger partial charge in [0.1, 0.15) is 13.2 Å². The number of benzene rings is 1. The van der Waals surface area contributed by atoms with Gasteiger partial charge in [0.2, 0.25) is 10.0 Å². The van der Waals surface area contributed by atoms with E-state index < -0.39 is 10.0 Å². The second-order valence-electron chi connectivity index (χ2n) is 6.62. The molecule has 0 unspecified atom stereocenters. The number of hydrogen-bond acceptors (Lipinski definition) is 6. The van der Waals surface area contributed by atoms with Crippen LogP contribution in [0.25, 0.3) is 0 Å². The minimum atomic E-state index is -3.57. The maximum absolute atomic E-state index is 13.1. The number of likely N-dealkylation sites (N-methyl/N-ethyl adjacent to an activating group) is 1. The number of nitrogens with zero attached hydrogens (tertiary/aromatic N) is 2. The van der Waals surface area contributed by atoms with E-state index in [9.17, 15) is 8.42 Å². The van der Waals surface area contributed by atoms with Gasteiger partial charge in [0.05, 0.1) is 18.1 Å². The van der Waals surface area contributed by atoms with Crippen LogP contribution in [0.5, 0.6) is 11.5 Å². The van der Waals surface area contributed by atoms with Gasteiger partial charge in [-0.15, -0.1) is 0 Å². The van der Waals surface area contributed by atoms with Gasteiger partial charge < -0.3 is 14.2 Å². The summed E-state index contributed by atoms with van der Waals surface area (Å²) in [6.45, 7) is 3.89. The van der Waals surface area contributed by atoms with E-state index in [-0.39, 0.29) is 16.9 Å². The van der Waals surface area contributed by atoms with Crippen molar-refractivity contribution in [2.75, 3.05) is 53.1 Å². The molecular weight excluding hydrogens is 332 g/mol. The summed E-state index contributed by atoms with van der Waals surface area (Å²) in [5.41, 5.74) is 0. The van der Waals surface area contributed by atoms with Gasteiger partial charge in [-0.25, -0.2) is 8.42 Å². The molecule has 4 rings (SSSR count). The predicted octanol–water partition coefficient (Wildman–Crippen LogP) is 0.409. The lowest BCUT2D eigenvalue weighted by Gasteiger charge is -2.29. The molecule has 2 fully saturated rings. The zero-order valence-electron chi connectivity index (χ0n) is 13.7. The molecule has 132 valence electrons. The van der Waals surface area contributed by atoms with E-state index in [1.54, 1.807) is 22.5 Å². The van der Waals surface area contributed by atoms with Crippen molar-refractivity contribution < 1.29 is 22.6 Å². The van der Waals surface area contributed by atoms with Gasteiger partial charge in [-0.3, -0.25) is 4.90 Å². The van der Waals surface area contributed by atoms with Crippen molar-refractivity contribution in [1.82, 2.24) is 9.21 Å². The standard InChI is InChI=1S/C16H22N2O5S/c1-17-7-12-8-18(9-13(17)11-21-10-12)24(19,20)14-2-3-15-16(6-14)23-5-4-22-15/h2-3,6,12-13H,4-5,7-11H2,1H3/t12-,13+/m1/s1. The Labute approximate surface area is 142 Å². The molecule has 0 spiro atoms. The Morgan fingerprint density at radius 2 is 1.83 bits per heavy atom. The van der Waals surface area contributed by atoms with Crippen molar-refractivity contribution in [3.63, 3.8) is 0 Å². The van der Waals surface area contributed by atoms with Crippen molar-refractivity contribution in [3.05, 3.63) is 18.2 Å². The predicted molar refractivity (Wildman–Crippen MR) is 86.9 cm³/mol. The number of ether oxygens (including phenoxy) is 3. The second-order valence-corrected chi connectivity index (χ2v) is 8.56. The molecule has 1 aromatic carbocycles. The van der Waals surface area contributed by atoms with Gasteiger partial charge in [-0.1, -0.05) is 0 Å². The summed E-state index contributed by atoms with van der Waals surface area (Å²) in [5.74, 6) is 1.29. The van der Waals surface area contributed by atoms with Crippen molar-refractivity contribution in [1.29, 1.82) is 0 Å². The van der Waals surface area contributed by atoms with Crippen LogP contribution in [0.1, 0.15) is 0 Å². The van der Waals surface area contributed by atoms with E-state index >= 15 is 0 Å². The third kappa shape index (κ3) is 2.88. The number of sulfonamides is 1. The Balaban J connectivity index is 1.65. The third-order valence-electron chi connectivity index (χ3n) is 4.86. The first-order chi connectivity index (χ1) is 11.5. The zero-order valence-corrected chi connectivity index (χ0v) is 14.5. The quantitative estimate of drug-likeness (QED) is 0.766. The van der Waals surface area contributed by atoms with E-state index in [2.05, 4.69) is 4.90 Å². The molecule has 3 aliphatic heterocycles. The molecule has 0 N–H and O–H groups in total. The van der Waals surface area contributed by atoms with Crippen LogP contribution >= 0.6 is 0 Å². The molecule has 7 nitrogen and oxygen atoms in total. The topological polar surface area (TPSA) is 68.3 Å². The van der Waals surface area contributed by atoms with Crippen LogP contribution in [0.2, 0.25) is 0 Å². The normalized spacial score (nSPS) is 28.4. The fraction of sp³-hybridized carbons (Fsp3) is 0.625. The molecule has 2 bridgehead atoms. The Kier molecular flexibility index (Phi) is 4.16. The van der Waals surface area contributed by atoms with Gasteiger partial charge in [0.15, 0.2) is 11.5 Å². The highest BCUT2D eigenvalue weighted by Gasteiger charge is 2.37. The summed E-state index contributed by atoms with van der Waals surface area (Å²) in [5, 5.41) is 0. The highest BCUT2D eigenvalue weighted by atomic mass is 32.2. The summed E-state index contributed by atoms with van der Waals surface area (Å²) in [4.78, 5) is 2.46. The Morgan fingerprint density at radius 1 is 1.04 bits per heavy atom. The SMILES string of the molecule is CN1C[C@H]2COC[C@@H]1CN(S(=O)(=O)c1ccc3c(c1)OCCO3)C2. The Hall–Kier alpha value is -1.35. The summed E-state index contributed by atoms with van der Waals surface area (Å²) < 4.78 is 44.5. The first kappa shape index (κ1) is 16.1. The summed E-state index contributed by atoms with van der Waals surface area (Å²) in [6, 6.07) is 4.94. The maximum atomic E-state index is 13.1. The van der Waals surface area contributed by atoms with Crippen LogP contribution in [-0.4, -0.2) is 76.8 Å². The minimum absolute atomic E-state index is 0.0875. The zero-order chi connectivity index (χ0) is 16.7. The molecule has 3 aliphatic rings. The summed E-state index contributed by atoms with van der Waals surface area (Å²) in [7, 11) is -1.53. The largest absolute Gasteiger partial charge is 0.486 e. The molecule has 2 atom stereocenters. The average molecular weight is 354 g/mol. The van der Waals surface area contributed by atoms with Crippen molar-refractivity contribution in [3.8, 4) is 11.5 Å². The third-order valence-corrected chi connectivity index (χ3v) is 6.69. The lowest BCUT2D eigenvalue weighted by Crippen LogP contribution is -2.44. The van der Waals surface area contributed by atoms with Crippen molar-refractivity contribution in [2.24, 2.45) is 5.92 Å². The van der Waals surface area contributed by atoms with Gasteiger partial charge in [-0.05, 0) is 19.2 Å². The second kappa shape index (κ2) is 6.18. The fourth-order valence-corrected chi connectivity index (χ4v) is 5.11. The molecule has 8 heteroatoms. The fourth-order valence-electron chi connectivity index (χ4n) is 3.54. The number of fused-ring (bicyclic) bond motifs is 4.